The predicted octanol–water partition coefficient (Wildman–Crippen LogP) is 4.02. The lowest BCUT2D eigenvalue weighted by Gasteiger charge is -2.20. The van der Waals surface area contributed by atoms with Gasteiger partial charge in [0.25, 0.3) is 0 Å². The molecule has 0 aliphatic heterocycles. The molecule has 5 nitrogen and oxygen atoms in total. The first-order chi connectivity index (χ1) is 10.8. The van der Waals surface area contributed by atoms with E-state index in [1.807, 2.05) is 12.1 Å². The number of rotatable bonds is 3. The van der Waals surface area contributed by atoms with E-state index in [1.54, 1.807) is 37.4 Å². The van der Waals surface area contributed by atoms with Gasteiger partial charge in [-0.15, -0.1) is 0 Å². The van der Waals surface area contributed by atoms with Gasteiger partial charge in [-0.1, -0.05) is 39.0 Å². The SMILES string of the molecule is COc1cccc(N(C)C(=O)Oc2ccc(C(C)(C)C)cc2)n1. The first-order valence-corrected chi connectivity index (χ1v) is 7.38. The highest BCUT2D eigenvalue weighted by Crippen LogP contribution is 2.24. The molecular formula is C18H22N2O3. The lowest BCUT2D eigenvalue weighted by atomic mass is 9.87. The second-order valence-electron chi connectivity index (χ2n) is 6.24. The van der Waals surface area contributed by atoms with Crippen molar-refractivity contribution in [2.45, 2.75) is 26.2 Å². The summed E-state index contributed by atoms with van der Waals surface area (Å²) in [5.74, 6) is 1.40. The van der Waals surface area contributed by atoms with Crippen molar-refractivity contribution < 1.29 is 14.3 Å². The van der Waals surface area contributed by atoms with Crippen LogP contribution >= 0.6 is 0 Å². The predicted molar refractivity (Wildman–Crippen MR) is 90.4 cm³/mol. The van der Waals surface area contributed by atoms with Gasteiger partial charge in [0.05, 0.1) is 7.11 Å². The summed E-state index contributed by atoms with van der Waals surface area (Å²) >= 11 is 0. The van der Waals surface area contributed by atoms with Gasteiger partial charge in [-0.05, 0) is 29.2 Å². The zero-order chi connectivity index (χ0) is 17.0. The third kappa shape index (κ3) is 4.22. The van der Waals surface area contributed by atoms with Gasteiger partial charge in [-0.2, -0.15) is 4.98 Å². The van der Waals surface area contributed by atoms with Crippen molar-refractivity contribution in [3.63, 3.8) is 0 Å². The maximum absolute atomic E-state index is 12.2. The van der Waals surface area contributed by atoms with Crippen LogP contribution < -0.4 is 14.4 Å². The molecule has 2 rings (SSSR count). The second-order valence-corrected chi connectivity index (χ2v) is 6.24. The van der Waals surface area contributed by atoms with Crippen LogP contribution in [0.3, 0.4) is 0 Å². The van der Waals surface area contributed by atoms with Crippen molar-refractivity contribution in [2.75, 3.05) is 19.1 Å². The standard InChI is InChI=1S/C18H22N2O3/c1-18(2,3)13-9-11-14(12-10-13)23-17(21)20(4)15-7-6-8-16(19-15)22-5/h6-12H,1-5H3. The molecule has 0 N–H and O–H groups in total. The molecule has 0 atom stereocenters. The highest BCUT2D eigenvalue weighted by atomic mass is 16.6. The Labute approximate surface area is 136 Å². The first-order valence-electron chi connectivity index (χ1n) is 7.38. The van der Waals surface area contributed by atoms with Gasteiger partial charge in [0, 0.05) is 13.1 Å². The normalized spacial score (nSPS) is 11.0. The number of aromatic nitrogens is 1. The Balaban J connectivity index is 2.09. The van der Waals surface area contributed by atoms with Gasteiger partial charge in [-0.25, -0.2) is 4.79 Å². The van der Waals surface area contributed by atoms with E-state index in [4.69, 9.17) is 9.47 Å². The molecule has 1 heterocycles. The molecule has 1 aromatic heterocycles. The van der Waals surface area contributed by atoms with Crippen molar-refractivity contribution in [3.8, 4) is 11.6 Å². The molecule has 0 aliphatic rings. The van der Waals surface area contributed by atoms with Crippen molar-refractivity contribution in [2.24, 2.45) is 0 Å². The smallest absolute Gasteiger partial charge is 0.420 e. The summed E-state index contributed by atoms with van der Waals surface area (Å²) in [5, 5.41) is 0. The van der Waals surface area contributed by atoms with Crippen molar-refractivity contribution in [3.05, 3.63) is 48.0 Å². The van der Waals surface area contributed by atoms with Crippen LogP contribution in [0.4, 0.5) is 10.6 Å². The molecule has 0 saturated heterocycles. The van der Waals surface area contributed by atoms with E-state index in [2.05, 4.69) is 25.8 Å². The molecule has 0 fully saturated rings. The molecule has 5 heteroatoms. The highest BCUT2D eigenvalue weighted by Gasteiger charge is 2.17. The van der Waals surface area contributed by atoms with E-state index in [0.717, 1.165) is 0 Å². The lowest BCUT2D eigenvalue weighted by Crippen LogP contribution is -2.30. The minimum Gasteiger partial charge on any atom is -0.481 e. The molecular weight excluding hydrogens is 292 g/mol. The zero-order valence-electron chi connectivity index (χ0n) is 14.2. The molecule has 0 unspecified atom stereocenters. The monoisotopic (exact) mass is 314 g/mol. The summed E-state index contributed by atoms with van der Waals surface area (Å²) in [6, 6.07) is 12.7. The van der Waals surface area contributed by atoms with Gasteiger partial charge in [0.2, 0.25) is 5.88 Å². The molecule has 122 valence electrons. The van der Waals surface area contributed by atoms with Crippen LogP contribution in [-0.2, 0) is 5.41 Å². The Morgan fingerprint density at radius 2 is 1.74 bits per heavy atom. The van der Waals surface area contributed by atoms with Crippen LogP contribution in [0.15, 0.2) is 42.5 Å². The van der Waals surface area contributed by atoms with Crippen LogP contribution in [0.5, 0.6) is 11.6 Å². The zero-order valence-corrected chi connectivity index (χ0v) is 14.2. The molecule has 0 aliphatic carbocycles. The number of carbonyl (C=O) groups is 1. The van der Waals surface area contributed by atoms with Gasteiger partial charge < -0.3 is 9.47 Å². The van der Waals surface area contributed by atoms with E-state index in [9.17, 15) is 4.79 Å². The van der Waals surface area contributed by atoms with Crippen LogP contribution in [0.1, 0.15) is 26.3 Å². The summed E-state index contributed by atoms with van der Waals surface area (Å²) in [6.07, 6.45) is -0.505. The Hall–Kier alpha value is -2.56. The summed E-state index contributed by atoms with van der Waals surface area (Å²) in [6.45, 7) is 6.41. The van der Waals surface area contributed by atoms with Crippen LogP contribution in [0.2, 0.25) is 0 Å². The fraction of sp³-hybridized carbons (Fsp3) is 0.333. The van der Waals surface area contributed by atoms with E-state index >= 15 is 0 Å². The van der Waals surface area contributed by atoms with Crippen molar-refractivity contribution in [1.82, 2.24) is 4.98 Å². The number of hydrogen-bond donors (Lipinski definition) is 0. The molecule has 0 spiro atoms. The van der Waals surface area contributed by atoms with E-state index in [-0.39, 0.29) is 5.41 Å². The minimum atomic E-state index is -0.505. The Kier molecular flexibility index (Phi) is 4.89. The largest absolute Gasteiger partial charge is 0.481 e. The molecule has 0 bridgehead atoms. The Morgan fingerprint density at radius 1 is 1.09 bits per heavy atom. The number of anilines is 1. The Morgan fingerprint density at radius 3 is 2.30 bits per heavy atom. The number of amides is 1. The quantitative estimate of drug-likeness (QED) is 0.858. The summed E-state index contributed by atoms with van der Waals surface area (Å²) < 4.78 is 10.4. The molecule has 1 aromatic carbocycles. The molecule has 23 heavy (non-hydrogen) atoms. The van der Waals surface area contributed by atoms with E-state index in [0.29, 0.717) is 17.4 Å². The molecule has 0 radical (unpaired) electrons. The van der Waals surface area contributed by atoms with Crippen molar-refractivity contribution >= 4 is 11.9 Å². The van der Waals surface area contributed by atoms with Crippen molar-refractivity contribution in [1.29, 1.82) is 0 Å². The van der Waals surface area contributed by atoms with Crippen LogP contribution in [0.25, 0.3) is 0 Å². The molecule has 0 saturated carbocycles. The maximum Gasteiger partial charge on any atom is 0.420 e. The fourth-order valence-electron chi connectivity index (χ4n) is 1.99. The average Bonchev–Trinajstić information content (AvgIpc) is 2.53. The van der Waals surface area contributed by atoms with Gasteiger partial charge in [0.1, 0.15) is 11.6 Å². The summed E-state index contributed by atoms with van der Waals surface area (Å²) in [5.41, 5.74) is 1.24. The van der Waals surface area contributed by atoms with E-state index in [1.165, 1.54) is 17.6 Å². The summed E-state index contributed by atoms with van der Waals surface area (Å²) in [4.78, 5) is 17.8. The number of nitrogens with zero attached hydrogens (tertiary/aromatic N) is 2. The Bertz CT molecular complexity index is 675. The number of methoxy groups -OCH3 is 1. The minimum absolute atomic E-state index is 0.0594. The number of pyridine rings is 1. The number of hydrogen-bond acceptors (Lipinski definition) is 4. The topological polar surface area (TPSA) is 51.7 Å². The average molecular weight is 314 g/mol. The van der Waals surface area contributed by atoms with Gasteiger partial charge >= 0.3 is 6.09 Å². The summed E-state index contributed by atoms with van der Waals surface area (Å²) in [7, 11) is 3.13. The fourth-order valence-corrected chi connectivity index (χ4v) is 1.99. The maximum atomic E-state index is 12.2. The third-order valence-corrected chi connectivity index (χ3v) is 3.46. The third-order valence-electron chi connectivity index (χ3n) is 3.46. The van der Waals surface area contributed by atoms with E-state index < -0.39 is 6.09 Å². The van der Waals surface area contributed by atoms with Gasteiger partial charge in [-0.3, -0.25) is 4.90 Å². The molecule has 1 amide bonds. The number of carbonyl (C=O) groups excluding carboxylic acids is 1. The molecule has 2 aromatic rings. The lowest BCUT2D eigenvalue weighted by molar-refractivity contribution is 0.209. The van der Waals surface area contributed by atoms with Crippen LogP contribution in [0, 0.1) is 0 Å². The number of ether oxygens (including phenoxy) is 2. The highest BCUT2D eigenvalue weighted by molar-refractivity contribution is 5.87. The second kappa shape index (κ2) is 6.69. The van der Waals surface area contributed by atoms with Crippen LogP contribution in [-0.4, -0.2) is 25.2 Å². The first kappa shape index (κ1) is 16.8. The van der Waals surface area contributed by atoms with Gasteiger partial charge in [0.15, 0.2) is 0 Å². The number of benzene rings is 1.